The smallest absolute Gasteiger partial charge is 0.324 e. The van der Waals surface area contributed by atoms with E-state index in [9.17, 15) is 9.18 Å². The van der Waals surface area contributed by atoms with Crippen LogP contribution in [0.3, 0.4) is 0 Å². The van der Waals surface area contributed by atoms with Gasteiger partial charge in [0.25, 0.3) is 0 Å². The number of urea groups is 1. The van der Waals surface area contributed by atoms with Crippen LogP contribution < -0.4 is 15.1 Å². The Morgan fingerprint density at radius 3 is 2.44 bits per heavy atom. The van der Waals surface area contributed by atoms with Crippen molar-refractivity contribution < 1.29 is 9.18 Å². The topological polar surface area (TPSA) is 64.6 Å². The van der Waals surface area contributed by atoms with Gasteiger partial charge in [-0.25, -0.2) is 14.2 Å². The van der Waals surface area contributed by atoms with Crippen molar-refractivity contribution in [3.8, 4) is 0 Å². The fourth-order valence-corrected chi connectivity index (χ4v) is 2.65. The monoisotopic (exact) mass is 344 g/mol. The second kappa shape index (κ2) is 7.33. The maximum Gasteiger partial charge on any atom is 0.324 e. The Kier molecular flexibility index (Phi) is 4.97. The minimum absolute atomic E-state index is 0.213. The van der Waals surface area contributed by atoms with Gasteiger partial charge in [-0.05, 0) is 30.3 Å². The normalized spacial score (nSPS) is 14.4. The number of piperazine rings is 1. The zero-order chi connectivity index (χ0) is 17.8. The summed E-state index contributed by atoms with van der Waals surface area (Å²) in [6.07, 6.45) is 1.62. The van der Waals surface area contributed by atoms with E-state index in [4.69, 9.17) is 0 Å². The van der Waals surface area contributed by atoms with E-state index in [-0.39, 0.29) is 17.8 Å². The number of carbonyl (C=O) groups excluding carboxylic acids is 1. The average Bonchev–Trinajstić information content (AvgIpc) is 2.63. The minimum Gasteiger partial charge on any atom is -0.368 e. The molecule has 2 aromatic rings. The summed E-state index contributed by atoms with van der Waals surface area (Å²) in [5.41, 5.74) is 0.962. The summed E-state index contributed by atoms with van der Waals surface area (Å²) in [7, 11) is 3.76. The molecule has 0 saturated carbocycles. The number of rotatable bonds is 3. The van der Waals surface area contributed by atoms with Crippen molar-refractivity contribution in [3.05, 3.63) is 42.3 Å². The lowest BCUT2D eigenvalue weighted by Crippen LogP contribution is -2.50. The molecule has 1 saturated heterocycles. The Bertz CT molecular complexity index is 728. The lowest BCUT2D eigenvalue weighted by molar-refractivity contribution is 0.208. The number of nitrogens with one attached hydrogen (secondary N) is 1. The first-order valence-electron chi connectivity index (χ1n) is 8.10. The molecule has 132 valence electrons. The summed E-state index contributed by atoms with van der Waals surface area (Å²) in [5, 5.41) is 2.74. The summed E-state index contributed by atoms with van der Waals surface area (Å²) < 4.78 is 13.0. The number of amides is 2. The maximum atomic E-state index is 13.0. The Hall–Kier alpha value is -2.90. The molecule has 0 unspecified atom stereocenters. The highest BCUT2D eigenvalue weighted by Crippen LogP contribution is 2.17. The highest BCUT2D eigenvalue weighted by Gasteiger charge is 2.22. The standard InChI is InChI=1S/C17H21FN6O/c1-22(2)15-7-8-19-16(20-15)21-17(25)24-11-9-23(10-12-24)14-5-3-13(18)4-6-14/h3-8H,9-12H2,1-2H3,(H,19,20,21,25). The third-order valence-corrected chi connectivity index (χ3v) is 4.08. The molecule has 1 aromatic heterocycles. The van der Waals surface area contributed by atoms with Crippen LogP contribution in [-0.2, 0) is 0 Å². The first kappa shape index (κ1) is 16.9. The third kappa shape index (κ3) is 4.14. The van der Waals surface area contributed by atoms with Crippen LogP contribution in [0.1, 0.15) is 0 Å². The van der Waals surface area contributed by atoms with Gasteiger partial charge in [-0.3, -0.25) is 5.32 Å². The van der Waals surface area contributed by atoms with Crippen molar-refractivity contribution in [2.24, 2.45) is 0 Å². The lowest BCUT2D eigenvalue weighted by atomic mass is 10.2. The van der Waals surface area contributed by atoms with Gasteiger partial charge in [-0.1, -0.05) is 0 Å². The molecule has 1 N–H and O–H groups in total. The van der Waals surface area contributed by atoms with Gasteiger partial charge in [0.05, 0.1) is 0 Å². The van der Waals surface area contributed by atoms with Crippen LogP contribution in [0.15, 0.2) is 36.5 Å². The third-order valence-electron chi connectivity index (χ3n) is 4.08. The molecule has 0 aliphatic carbocycles. The van der Waals surface area contributed by atoms with Gasteiger partial charge in [0.1, 0.15) is 11.6 Å². The molecule has 0 spiro atoms. The van der Waals surface area contributed by atoms with E-state index in [1.54, 1.807) is 29.3 Å². The van der Waals surface area contributed by atoms with E-state index < -0.39 is 0 Å². The molecule has 7 nitrogen and oxygen atoms in total. The van der Waals surface area contributed by atoms with Crippen LogP contribution in [0.2, 0.25) is 0 Å². The molecule has 0 bridgehead atoms. The Morgan fingerprint density at radius 1 is 1.12 bits per heavy atom. The summed E-state index contributed by atoms with van der Waals surface area (Å²) in [5.74, 6) is 0.769. The van der Waals surface area contributed by atoms with E-state index in [1.165, 1.54) is 12.1 Å². The van der Waals surface area contributed by atoms with Gasteiger partial charge in [0.15, 0.2) is 0 Å². The van der Waals surface area contributed by atoms with Crippen LogP contribution in [0.25, 0.3) is 0 Å². The number of anilines is 3. The van der Waals surface area contributed by atoms with E-state index >= 15 is 0 Å². The molecule has 1 fully saturated rings. The van der Waals surface area contributed by atoms with E-state index in [2.05, 4.69) is 20.2 Å². The quantitative estimate of drug-likeness (QED) is 0.923. The summed E-state index contributed by atoms with van der Waals surface area (Å²) in [6.45, 7) is 2.54. The number of hydrogen-bond acceptors (Lipinski definition) is 5. The molecular formula is C17H21FN6O. The SMILES string of the molecule is CN(C)c1ccnc(NC(=O)N2CCN(c3ccc(F)cc3)CC2)n1. The molecule has 25 heavy (non-hydrogen) atoms. The number of benzene rings is 1. The molecule has 2 heterocycles. The van der Waals surface area contributed by atoms with E-state index in [0.717, 1.165) is 11.5 Å². The molecule has 1 aliphatic rings. The molecule has 2 amide bonds. The maximum absolute atomic E-state index is 13.0. The fourth-order valence-electron chi connectivity index (χ4n) is 2.65. The highest BCUT2D eigenvalue weighted by atomic mass is 19.1. The predicted molar refractivity (Wildman–Crippen MR) is 95.6 cm³/mol. The second-order valence-corrected chi connectivity index (χ2v) is 6.01. The predicted octanol–water partition coefficient (Wildman–Crippen LogP) is 2.04. The van der Waals surface area contributed by atoms with Gasteiger partial charge in [0.2, 0.25) is 5.95 Å². The van der Waals surface area contributed by atoms with Crippen LogP contribution >= 0.6 is 0 Å². The van der Waals surface area contributed by atoms with Crippen molar-refractivity contribution in [3.63, 3.8) is 0 Å². The number of nitrogens with zero attached hydrogens (tertiary/aromatic N) is 5. The molecule has 3 rings (SSSR count). The first-order chi connectivity index (χ1) is 12.0. The molecule has 0 radical (unpaired) electrons. The van der Waals surface area contributed by atoms with Crippen molar-refractivity contribution in [1.82, 2.24) is 14.9 Å². The Balaban J connectivity index is 1.56. The van der Waals surface area contributed by atoms with E-state index in [1.807, 2.05) is 19.0 Å². The fraction of sp³-hybridized carbons (Fsp3) is 0.353. The van der Waals surface area contributed by atoms with Crippen LogP contribution in [0.5, 0.6) is 0 Å². The zero-order valence-corrected chi connectivity index (χ0v) is 14.3. The summed E-state index contributed by atoms with van der Waals surface area (Å²) in [4.78, 5) is 26.5. The largest absolute Gasteiger partial charge is 0.368 e. The lowest BCUT2D eigenvalue weighted by Gasteiger charge is -2.35. The zero-order valence-electron chi connectivity index (χ0n) is 14.3. The molecule has 1 aromatic carbocycles. The van der Waals surface area contributed by atoms with Crippen LogP contribution in [-0.4, -0.2) is 61.2 Å². The van der Waals surface area contributed by atoms with Crippen LogP contribution in [0, 0.1) is 5.82 Å². The summed E-state index contributed by atoms with van der Waals surface area (Å²) >= 11 is 0. The van der Waals surface area contributed by atoms with Crippen molar-refractivity contribution in [1.29, 1.82) is 0 Å². The molecule has 0 atom stereocenters. The van der Waals surface area contributed by atoms with Gasteiger partial charge in [-0.2, -0.15) is 4.98 Å². The van der Waals surface area contributed by atoms with Crippen molar-refractivity contribution >= 4 is 23.5 Å². The number of aromatic nitrogens is 2. The number of halogens is 1. The number of hydrogen-bond donors (Lipinski definition) is 1. The average molecular weight is 344 g/mol. The molecule has 1 aliphatic heterocycles. The van der Waals surface area contributed by atoms with Crippen molar-refractivity contribution in [2.75, 3.05) is 55.4 Å². The molecular weight excluding hydrogens is 323 g/mol. The first-order valence-corrected chi connectivity index (χ1v) is 8.10. The Labute approximate surface area is 146 Å². The highest BCUT2D eigenvalue weighted by molar-refractivity contribution is 5.87. The van der Waals surface area contributed by atoms with Gasteiger partial charge in [0, 0.05) is 52.2 Å². The van der Waals surface area contributed by atoms with Gasteiger partial charge < -0.3 is 14.7 Å². The Morgan fingerprint density at radius 2 is 1.80 bits per heavy atom. The van der Waals surface area contributed by atoms with Gasteiger partial charge in [-0.15, -0.1) is 0 Å². The van der Waals surface area contributed by atoms with E-state index in [0.29, 0.717) is 26.2 Å². The van der Waals surface area contributed by atoms with Crippen LogP contribution in [0.4, 0.5) is 26.6 Å². The second-order valence-electron chi connectivity index (χ2n) is 6.01. The van der Waals surface area contributed by atoms with Gasteiger partial charge >= 0.3 is 6.03 Å². The molecule has 8 heteroatoms. The van der Waals surface area contributed by atoms with Crippen molar-refractivity contribution in [2.45, 2.75) is 0 Å². The minimum atomic E-state index is -0.248. The summed E-state index contributed by atoms with van der Waals surface area (Å²) in [6, 6.07) is 7.97. The number of carbonyl (C=O) groups is 1.